The van der Waals surface area contributed by atoms with Crippen molar-refractivity contribution in [2.45, 2.75) is 44.8 Å². The van der Waals surface area contributed by atoms with Gasteiger partial charge in [-0.15, -0.1) is 6.58 Å². The Balaban J connectivity index is 2.03. The minimum atomic E-state index is -0.487. The molecule has 1 unspecified atom stereocenters. The smallest absolute Gasteiger partial charge is 0.240 e. The Labute approximate surface area is 107 Å². The van der Waals surface area contributed by atoms with Crippen molar-refractivity contribution in [1.82, 2.24) is 4.90 Å². The van der Waals surface area contributed by atoms with Gasteiger partial charge in [-0.1, -0.05) is 6.08 Å². The van der Waals surface area contributed by atoms with E-state index in [1.54, 1.807) is 6.08 Å². The fraction of sp³-hybridized carbons (Fsp3) is 0.500. The molecule has 0 aromatic carbocycles. The quantitative estimate of drug-likeness (QED) is 0.783. The molecule has 1 atom stereocenters. The zero-order valence-corrected chi connectivity index (χ0v) is 10.8. The van der Waals surface area contributed by atoms with Gasteiger partial charge in [0.2, 0.25) is 5.91 Å². The lowest BCUT2D eigenvalue weighted by molar-refractivity contribution is -0.134. The van der Waals surface area contributed by atoms with Crippen molar-refractivity contribution < 1.29 is 9.21 Å². The number of amides is 1. The maximum atomic E-state index is 12.2. The Kier molecular flexibility index (Phi) is 3.87. The summed E-state index contributed by atoms with van der Waals surface area (Å²) in [5.41, 5.74) is 5.86. The van der Waals surface area contributed by atoms with E-state index >= 15 is 0 Å². The van der Waals surface area contributed by atoms with Gasteiger partial charge in [-0.25, -0.2) is 0 Å². The summed E-state index contributed by atoms with van der Waals surface area (Å²) in [6.45, 7) is 6.04. The van der Waals surface area contributed by atoms with Crippen LogP contribution in [0.25, 0.3) is 0 Å². The van der Waals surface area contributed by atoms with Crippen LogP contribution in [0.2, 0.25) is 0 Å². The van der Waals surface area contributed by atoms with Crippen LogP contribution in [0.15, 0.2) is 29.2 Å². The molecule has 1 aliphatic rings. The topological polar surface area (TPSA) is 59.5 Å². The second-order valence-electron chi connectivity index (χ2n) is 4.84. The van der Waals surface area contributed by atoms with Gasteiger partial charge < -0.3 is 15.1 Å². The third kappa shape index (κ3) is 3.01. The van der Waals surface area contributed by atoms with Crippen molar-refractivity contribution >= 4 is 5.91 Å². The van der Waals surface area contributed by atoms with Crippen molar-refractivity contribution in [2.24, 2.45) is 5.73 Å². The van der Waals surface area contributed by atoms with Crippen molar-refractivity contribution in [2.75, 3.05) is 0 Å². The third-order valence-corrected chi connectivity index (χ3v) is 3.13. The minimum Gasteiger partial charge on any atom is -0.464 e. The lowest BCUT2D eigenvalue weighted by Crippen LogP contribution is -2.44. The van der Waals surface area contributed by atoms with E-state index < -0.39 is 6.04 Å². The van der Waals surface area contributed by atoms with Gasteiger partial charge in [0.05, 0.1) is 12.6 Å². The molecule has 0 saturated heterocycles. The van der Waals surface area contributed by atoms with E-state index in [4.69, 9.17) is 10.2 Å². The van der Waals surface area contributed by atoms with Crippen LogP contribution in [0.5, 0.6) is 0 Å². The first-order valence-corrected chi connectivity index (χ1v) is 6.34. The Hall–Kier alpha value is -1.55. The first kappa shape index (κ1) is 12.9. The molecule has 1 aliphatic carbocycles. The summed E-state index contributed by atoms with van der Waals surface area (Å²) in [5, 5.41) is 0. The number of aryl methyl sites for hydroxylation is 1. The van der Waals surface area contributed by atoms with Crippen LogP contribution >= 0.6 is 0 Å². The summed E-state index contributed by atoms with van der Waals surface area (Å²) in [6.07, 6.45) is 4.32. The SMILES string of the molecule is C=CCC(N)C(=O)N(Cc1ccc(C)o1)C1CC1. The van der Waals surface area contributed by atoms with Crippen molar-refractivity contribution in [3.05, 3.63) is 36.3 Å². The first-order chi connectivity index (χ1) is 8.61. The predicted molar refractivity (Wildman–Crippen MR) is 69.8 cm³/mol. The molecule has 1 aromatic rings. The molecule has 0 spiro atoms. The van der Waals surface area contributed by atoms with E-state index in [9.17, 15) is 4.79 Å². The molecule has 2 rings (SSSR count). The number of nitrogens with zero attached hydrogens (tertiary/aromatic N) is 1. The molecular formula is C14H20N2O2. The predicted octanol–water partition coefficient (Wildman–Crippen LogP) is 1.98. The van der Waals surface area contributed by atoms with Gasteiger partial charge in [0, 0.05) is 6.04 Å². The Morgan fingerprint density at radius 1 is 1.67 bits per heavy atom. The maximum Gasteiger partial charge on any atom is 0.240 e. The molecule has 1 amide bonds. The molecule has 18 heavy (non-hydrogen) atoms. The highest BCUT2D eigenvalue weighted by Crippen LogP contribution is 2.29. The maximum absolute atomic E-state index is 12.2. The summed E-state index contributed by atoms with van der Waals surface area (Å²) >= 11 is 0. The number of hydrogen-bond acceptors (Lipinski definition) is 3. The molecule has 4 nitrogen and oxygen atoms in total. The average molecular weight is 248 g/mol. The second-order valence-corrected chi connectivity index (χ2v) is 4.84. The summed E-state index contributed by atoms with van der Waals surface area (Å²) in [4.78, 5) is 14.1. The number of carbonyl (C=O) groups excluding carboxylic acids is 1. The first-order valence-electron chi connectivity index (χ1n) is 6.34. The molecule has 1 aromatic heterocycles. The van der Waals surface area contributed by atoms with Gasteiger partial charge in [-0.3, -0.25) is 4.79 Å². The van der Waals surface area contributed by atoms with Crippen molar-refractivity contribution in [3.63, 3.8) is 0 Å². The van der Waals surface area contributed by atoms with E-state index in [1.807, 2.05) is 24.0 Å². The van der Waals surface area contributed by atoms with Crippen LogP contribution < -0.4 is 5.73 Å². The lowest BCUT2D eigenvalue weighted by Gasteiger charge is -2.24. The molecule has 2 N–H and O–H groups in total. The fourth-order valence-electron chi connectivity index (χ4n) is 2.00. The number of carbonyl (C=O) groups is 1. The minimum absolute atomic E-state index is 0.00791. The normalized spacial score (nSPS) is 16.3. The third-order valence-electron chi connectivity index (χ3n) is 3.13. The summed E-state index contributed by atoms with van der Waals surface area (Å²) < 4.78 is 5.53. The fourth-order valence-corrected chi connectivity index (χ4v) is 2.00. The van der Waals surface area contributed by atoms with Gasteiger partial charge in [0.1, 0.15) is 11.5 Å². The zero-order valence-electron chi connectivity index (χ0n) is 10.8. The van der Waals surface area contributed by atoms with E-state index in [0.717, 1.165) is 24.4 Å². The molecular weight excluding hydrogens is 228 g/mol. The largest absolute Gasteiger partial charge is 0.464 e. The molecule has 1 fully saturated rings. The molecule has 0 radical (unpaired) electrons. The van der Waals surface area contributed by atoms with Gasteiger partial charge in [-0.05, 0) is 38.3 Å². The van der Waals surface area contributed by atoms with Crippen LogP contribution in [-0.2, 0) is 11.3 Å². The summed E-state index contributed by atoms with van der Waals surface area (Å²) in [6, 6.07) is 3.67. The summed E-state index contributed by atoms with van der Waals surface area (Å²) in [7, 11) is 0. The Morgan fingerprint density at radius 3 is 2.89 bits per heavy atom. The standard InChI is InChI=1S/C14H20N2O2/c1-3-4-13(15)14(17)16(11-6-7-11)9-12-8-5-10(2)18-12/h3,5,8,11,13H,1,4,6-7,9,15H2,2H3. The summed E-state index contributed by atoms with van der Waals surface area (Å²) in [5.74, 6) is 1.67. The highest BCUT2D eigenvalue weighted by molar-refractivity contribution is 5.82. The van der Waals surface area contributed by atoms with Gasteiger partial charge >= 0.3 is 0 Å². The van der Waals surface area contributed by atoms with Crippen LogP contribution in [0, 0.1) is 6.92 Å². The molecule has 98 valence electrons. The Morgan fingerprint density at radius 2 is 2.39 bits per heavy atom. The van der Waals surface area contributed by atoms with E-state index in [0.29, 0.717) is 19.0 Å². The molecule has 1 saturated carbocycles. The highest BCUT2D eigenvalue weighted by Gasteiger charge is 2.34. The molecule has 0 bridgehead atoms. The van der Waals surface area contributed by atoms with Crippen molar-refractivity contribution in [3.8, 4) is 0 Å². The number of nitrogens with two attached hydrogens (primary N) is 1. The second kappa shape index (κ2) is 5.40. The van der Waals surface area contributed by atoms with Crippen LogP contribution in [0.3, 0.4) is 0 Å². The molecule has 0 aliphatic heterocycles. The number of furan rings is 1. The number of rotatable bonds is 6. The van der Waals surface area contributed by atoms with E-state index in [-0.39, 0.29) is 5.91 Å². The average Bonchev–Trinajstić information content (AvgIpc) is 3.09. The van der Waals surface area contributed by atoms with Crippen LogP contribution in [-0.4, -0.2) is 22.9 Å². The van der Waals surface area contributed by atoms with E-state index in [2.05, 4.69) is 6.58 Å². The van der Waals surface area contributed by atoms with Crippen LogP contribution in [0.4, 0.5) is 0 Å². The molecule has 1 heterocycles. The van der Waals surface area contributed by atoms with Gasteiger partial charge in [0.25, 0.3) is 0 Å². The highest BCUT2D eigenvalue weighted by atomic mass is 16.3. The van der Waals surface area contributed by atoms with Gasteiger partial charge in [0.15, 0.2) is 0 Å². The monoisotopic (exact) mass is 248 g/mol. The van der Waals surface area contributed by atoms with Crippen molar-refractivity contribution in [1.29, 1.82) is 0 Å². The van der Waals surface area contributed by atoms with Crippen LogP contribution in [0.1, 0.15) is 30.8 Å². The molecule has 4 heteroatoms. The lowest BCUT2D eigenvalue weighted by atomic mass is 10.2. The zero-order chi connectivity index (χ0) is 13.1. The van der Waals surface area contributed by atoms with E-state index in [1.165, 1.54) is 0 Å². The number of hydrogen-bond donors (Lipinski definition) is 1. The van der Waals surface area contributed by atoms with Gasteiger partial charge in [-0.2, -0.15) is 0 Å². The Bertz CT molecular complexity index is 435.